The molecule has 0 spiro atoms. The number of amides is 4. The first-order valence-electron chi connectivity index (χ1n) is 20.9. The van der Waals surface area contributed by atoms with Gasteiger partial charge in [0.05, 0.1) is 18.8 Å². The third-order valence-corrected chi connectivity index (χ3v) is 9.20. The quantitative estimate of drug-likeness (QED) is 0.0778. The van der Waals surface area contributed by atoms with Gasteiger partial charge in [0.15, 0.2) is 6.29 Å². The summed E-state index contributed by atoms with van der Waals surface area (Å²) in [6.45, 7) is 14.5. The molecule has 1 aromatic rings. The van der Waals surface area contributed by atoms with Gasteiger partial charge in [0.25, 0.3) is 5.91 Å². The van der Waals surface area contributed by atoms with Gasteiger partial charge in [0.1, 0.15) is 17.8 Å². The Bertz CT molecular complexity index is 1210. The molecule has 1 aliphatic heterocycles. The van der Waals surface area contributed by atoms with Crippen LogP contribution in [0.2, 0.25) is 0 Å². The topological polar surface area (TPSA) is 180 Å². The van der Waals surface area contributed by atoms with Gasteiger partial charge in [-0.15, -0.1) is 6.58 Å². The normalized spacial score (nSPS) is 17.4. The van der Waals surface area contributed by atoms with E-state index < -0.39 is 41.6 Å². The lowest BCUT2D eigenvalue weighted by molar-refractivity contribution is -0.143. The summed E-state index contributed by atoms with van der Waals surface area (Å²) in [6.07, 6.45) is 23.8. The lowest BCUT2D eigenvalue weighted by Crippen LogP contribution is -2.58. The molecule has 4 rings (SSSR count). The molecule has 312 valence electrons. The van der Waals surface area contributed by atoms with Gasteiger partial charge in [0.2, 0.25) is 23.5 Å². The van der Waals surface area contributed by atoms with E-state index in [1.807, 2.05) is 33.9 Å². The first-order chi connectivity index (χ1) is 26.7. The van der Waals surface area contributed by atoms with E-state index in [4.69, 9.17) is 0 Å². The molecule has 13 nitrogen and oxygen atoms in total. The van der Waals surface area contributed by atoms with Crippen molar-refractivity contribution in [3.05, 3.63) is 36.9 Å². The minimum absolute atomic E-state index is 0.0713. The van der Waals surface area contributed by atoms with Gasteiger partial charge in [-0.2, -0.15) is 0 Å². The van der Waals surface area contributed by atoms with Gasteiger partial charge < -0.3 is 26.2 Å². The number of rotatable bonds is 14. The number of carbonyl (C=O) groups is 6. The first kappa shape index (κ1) is 51.0. The highest BCUT2D eigenvalue weighted by molar-refractivity contribution is 6.28. The van der Waals surface area contributed by atoms with Gasteiger partial charge in [-0.3, -0.25) is 33.8 Å². The molecule has 2 aliphatic carbocycles. The number of hydrogen-bond donors (Lipinski definition) is 4. The fourth-order valence-electron chi connectivity index (χ4n) is 6.53. The highest BCUT2D eigenvalue weighted by Gasteiger charge is 2.41. The molecule has 1 aromatic heterocycles. The van der Waals surface area contributed by atoms with E-state index >= 15 is 0 Å². The zero-order valence-electron chi connectivity index (χ0n) is 34.8. The molecule has 0 radical (unpaired) electrons. The van der Waals surface area contributed by atoms with E-state index in [9.17, 15) is 28.8 Å². The van der Waals surface area contributed by atoms with Crippen molar-refractivity contribution in [2.45, 2.75) is 162 Å². The Morgan fingerprint density at radius 2 is 1.45 bits per heavy atom. The molecule has 1 saturated heterocycles. The maximum absolute atomic E-state index is 13.9. The summed E-state index contributed by atoms with van der Waals surface area (Å²) >= 11 is 0. The molecular weight excluding hydrogens is 699 g/mol. The van der Waals surface area contributed by atoms with Crippen LogP contribution < -0.4 is 21.3 Å². The van der Waals surface area contributed by atoms with Gasteiger partial charge in [-0.25, -0.2) is 4.98 Å². The van der Waals surface area contributed by atoms with Gasteiger partial charge >= 0.3 is 0 Å². The number of likely N-dealkylation sites (N-methyl/N-ethyl adjacent to an activating group) is 1. The standard InChI is InChI=1S/C27H38N6O6.C6H12.C4H9N.C3H8.C2H6/c1-2-8-19(22(35)17-34)31-26(38)21-11-7-14-33(21)27(39)24(18-9-5-3-4-6-10-18)32-23(36)16-30-25(37)20-15-28-12-13-29-20;1-2-4-6-5-3-1;1-3-4-5-2;1-3-2;1-2/h12-13,15,17-19,21,24H,2-11,14,16H2,1H3,(H,30,37)(H,31,38)(H,32,36);1-6H2;3,5H,1,4H2,2H3;3H2,1-2H3;1-2H3. The van der Waals surface area contributed by atoms with Crippen molar-refractivity contribution in [3.63, 3.8) is 0 Å². The molecule has 4 amide bonds. The number of nitrogens with zero attached hydrogens (tertiary/aromatic N) is 3. The van der Waals surface area contributed by atoms with Crippen molar-refractivity contribution in [1.82, 2.24) is 36.1 Å². The number of ketones is 1. The number of Topliss-reactive ketones (excluding diaryl/α,β-unsaturated/α-hetero) is 1. The second-order valence-corrected chi connectivity index (χ2v) is 13.8. The van der Waals surface area contributed by atoms with Crippen molar-refractivity contribution in [2.24, 2.45) is 5.92 Å². The van der Waals surface area contributed by atoms with Crippen LogP contribution in [-0.2, 0) is 24.0 Å². The van der Waals surface area contributed by atoms with Crippen LogP contribution in [0.1, 0.15) is 154 Å². The van der Waals surface area contributed by atoms with E-state index in [2.05, 4.69) is 51.7 Å². The van der Waals surface area contributed by atoms with Crippen molar-refractivity contribution in [2.75, 3.05) is 26.7 Å². The molecule has 3 aliphatic rings. The van der Waals surface area contributed by atoms with E-state index in [1.165, 1.54) is 68.4 Å². The van der Waals surface area contributed by atoms with Crippen molar-refractivity contribution in [1.29, 1.82) is 0 Å². The molecule has 13 heteroatoms. The van der Waals surface area contributed by atoms with Crippen LogP contribution >= 0.6 is 0 Å². The first-order valence-corrected chi connectivity index (χ1v) is 20.9. The van der Waals surface area contributed by atoms with Gasteiger partial charge in [0, 0.05) is 25.5 Å². The molecular formula is C42H73N7O6. The minimum Gasteiger partial charge on any atom is -0.344 e. The third kappa shape index (κ3) is 21.6. The number of aldehydes is 1. The lowest BCUT2D eigenvalue weighted by Gasteiger charge is -2.33. The zero-order valence-corrected chi connectivity index (χ0v) is 34.8. The Balaban J connectivity index is 0.00000152. The van der Waals surface area contributed by atoms with Crippen molar-refractivity contribution in [3.8, 4) is 0 Å². The fraction of sp³-hybridized carbons (Fsp3) is 0.714. The lowest BCUT2D eigenvalue weighted by atomic mass is 9.90. The monoisotopic (exact) mass is 772 g/mol. The Kier molecular flexibility index (Phi) is 30.9. The number of carbonyl (C=O) groups excluding carboxylic acids is 6. The Labute approximate surface area is 331 Å². The highest BCUT2D eigenvalue weighted by Crippen LogP contribution is 2.29. The predicted molar refractivity (Wildman–Crippen MR) is 219 cm³/mol. The molecule has 2 saturated carbocycles. The van der Waals surface area contributed by atoms with Crippen LogP contribution in [0.4, 0.5) is 0 Å². The van der Waals surface area contributed by atoms with Crippen LogP contribution in [-0.4, -0.2) is 95.4 Å². The SMILES string of the molecule is C1CCCCC1.C=CCNC.CC.CCC.CCCC(NC(=O)C1CCCN1C(=O)C(NC(=O)CNC(=O)c1cnccn1)C1CCCCCC1)C(=O)C=O. The zero-order chi connectivity index (χ0) is 41.3. The van der Waals surface area contributed by atoms with Crippen molar-refractivity contribution < 1.29 is 28.8 Å². The molecule has 2 heterocycles. The predicted octanol–water partition coefficient (Wildman–Crippen LogP) is 5.88. The van der Waals surface area contributed by atoms with Crippen LogP contribution in [0.15, 0.2) is 31.2 Å². The number of likely N-dealkylation sites (tertiary alicyclic amines) is 1. The molecule has 4 N–H and O–H groups in total. The van der Waals surface area contributed by atoms with Crippen LogP contribution in [0.3, 0.4) is 0 Å². The molecule has 3 atom stereocenters. The highest BCUT2D eigenvalue weighted by atomic mass is 16.2. The average Bonchev–Trinajstić information content (AvgIpc) is 3.57. The van der Waals surface area contributed by atoms with Gasteiger partial charge in [-0.05, 0) is 45.1 Å². The maximum atomic E-state index is 13.9. The summed E-state index contributed by atoms with van der Waals surface area (Å²) in [6, 6.07) is -2.56. The van der Waals surface area contributed by atoms with E-state index in [1.54, 1.807) is 0 Å². The second kappa shape index (κ2) is 33.3. The fourth-order valence-corrected chi connectivity index (χ4v) is 6.53. The summed E-state index contributed by atoms with van der Waals surface area (Å²) in [7, 11) is 1.89. The molecule has 3 unspecified atom stereocenters. The Hall–Kier alpha value is -4.00. The van der Waals surface area contributed by atoms with Gasteiger partial charge in [-0.1, -0.05) is 118 Å². The summed E-state index contributed by atoms with van der Waals surface area (Å²) in [5.74, 6) is -2.70. The molecule has 0 aromatic carbocycles. The Morgan fingerprint density at radius 1 is 0.873 bits per heavy atom. The number of hydrogen-bond acceptors (Lipinski definition) is 9. The van der Waals surface area contributed by atoms with E-state index in [0.29, 0.717) is 32.2 Å². The van der Waals surface area contributed by atoms with Crippen LogP contribution in [0.5, 0.6) is 0 Å². The molecule has 55 heavy (non-hydrogen) atoms. The Morgan fingerprint density at radius 3 is 1.93 bits per heavy atom. The third-order valence-electron chi connectivity index (χ3n) is 9.20. The van der Waals surface area contributed by atoms with E-state index in [-0.39, 0.29) is 30.3 Å². The number of aromatic nitrogens is 2. The summed E-state index contributed by atoms with van der Waals surface area (Å²) in [4.78, 5) is 84.4. The van der Waals surface area contributed by atoms with E-state index in [0.717, 1.165) is 45.1 Å². The molecule has 3 fully saturated rings. The summed E-state index contributed by atoms with van der Waals surface area (Å²) in [5, 5.41) is 10.9. The average molecular weight is 772 g/mol. The minimum atomic E-state index is -0.923. The maximum Gasteiger partial charge on any atom is 0.271 e. The number of nitrogens with one attached hydrogen (secondary N) is 4. The largest absolute Gasteiger partial charge is 0.344 e. The smallest absolute Gasteiger partial charge is 0.271 e. The molecule has 0 bridgehead atoms. The van der Waals surface area contributed by atoms with Crippen LogP contribution in [0.25, 0.3) is 0 Å². The van der Waals surface area contributed by atoms with Crippen LogP contribution in [0, 0.1) is 5.92 Å². The second-order valence-electron chi connectivity index (χ2n) is 13.8. The summed E-state index contributed by atoms with van der Waals surface area (Å²) < 4.78 is 0. The summed E-state index contributed by atoms with van der Waals surface area (Å²) in [5.41, 5.74) is 0.0713. The van der Waals surface area contributed by atoms with Crippen molar-refractivity contribution >= 4 is 35.7 Å².